The summed E-state index contributed by atoms with van der Waals surface area (Å²) in [4.78, 5) is 46.0. The van der Waals surface area contributed by atoms with E-state index in [0.29, 0.717) is 75.8 Å². The first-order valence-corrected chi connectivity index (χ1v) is 16.6. The number of carbonyl (C=O) groups is 4. The average Bonchev–Trinajstić information content (AvgIpc) is 2.96. The summed E-state index contributed by atoms with van der Waals surface area (Å²) in [6, 6.07) is 0. The largest absolute Gasteiger partial charge is 0.465 e. The monoisotopic (exact) mass is 600 g/mol. The Kier molecular flexibility index (Phi) is 29.0. The highest BCUT2D eigenvalue weighted by atomic mass is 16.5. The molecule has 2 atom stereocenters. The third-order valence-electron chi connectivity index (χ3n) is 6.75. The Balaban J connectivity index is 0. The van der Waals surface area contributed by atoms with Crippen LogP contribution in [0.4, 0.5) is 0 Å². The number of carbonyl (C=O) groups excluding carboxylic acids is 4. The minimum absolute atomic E-state index is 0.120. The predicted molar refractivity (Wildman–Crippen MR) is 168 cm³/mol. The molecule has 0 fully saturated rings. The van der Waals surface area contributed by atoms with E-state index in [0.717, 1.165) is 38.5 Å². The zero-order chi connectivity index (χ0) is 32.2. The number of hydrogen-bond donors (Lipinski definition) is 0. The fourth-order valence-electron chi connectivity index (χ4n) is 3.77. The van der Waals surface area contributed by atoms with Crippen molar-refractivity contribution in [1.29, 1.82) is 0 Å². The van der Waals surface area contributed by atoms with Crippen LogP contribution in [0.2, 0.25) is 0 Å². The minimum Gasteiger partial charge on any atom is -0.465 e. The molecule has 8 heteroatoms. The third-order valence-corrected chi connectivity index (χ3v) is 6.75. The van der Waals surface area contributed by atoms with Crippen molar-refractivity contribution in [2.24, 2.45) is 23.7 Å². The van der Waals surface area contributed by atoms with E-state index >= 15 is 0 Å². The van der Waals surface area contributed by atoms with E-state index in [1.807, 2.05) is 27.7 Å². The van der Waals surface area contributed by atoms with Gasteiger partial charge in [0.25, 0.3) is 0 Å². The van der Waals surface area contributed by atoms with Crippen LogP contribution in [0.3, 0.4) is 0 Å². The summed E-state index contributed by atoms with van der Waals surface area (Å²) >= 11 is 0. The molecule has 0 aliphatic carbocycles. The lowest BCUT2D eigenvalue weighted by molar-refractivity contribution is -0.151. The van der Waals surface area contributed by atoms with Crippen molar-refractivity contribution < 1.29 is 38.1 Å². The van der Waals surface area contributed by atoms with Gasteiger partial charge < -0.3 is 18.9 Å². The van der Waals surface area contributed by atoms with Crippen LogP contribution in [0.5, 0.6) is 0 Å². The van der Waals surface area contributed by atoms with Crippen LogP contribution < -0.4 is 0 Å². The lowest BCUT2D eigenvalue weighted by Crippen LogP contribution is -2.17. The Morgan fingerprint density at radius 3 is 1.05 bits per heavy atom. The standard InChI is InChI=1S/C20H38O4.C14H26O4/c1-5-9-11-17(7-3)15-23-19(21)13-14-20(22)24-16-18(8-4)12-10-6-2;1-11(2)9-17-13(15)7-5-6-8-14(16)18-10-12(3)4/h17-18H,5-16H2,1-4H3;11-12H,5-10H2,1-4H3. The smallest absolute Gasteiger partial charge is 0.306 e. The second kappa shape index (κ2) is 29.0. The van der Waals surface area contributed by atoms with Gasteiger partial charge in [-0.2, -0.15) is 0 Å². The first kappa shape index (κ1) is 42.0. The van der Waals surface area contributed by atoms with Gasteiger partial charge in [-0.3, -0.25) is 19.2 Å². The molecule has 0 aromatic carbocycles. The molecule has 248 valence electrons. The van der Waals surface area contributed by atoms with Crippen molar-refractivity contribution in [2.75, 3.05) is 26.4 Å². The van der Waals surface area contributed by atoms with E-state index in [1.165, 1.54) is 12.8 Å². The Morgan fingerprint density at radius 1 is 0.452 bits per heavy atom. The van der Waals surface area contributed by atoms with E-state index in [-0.39, 0.29) is 36.7 Å². The molecule has 0 saturated carbocycles. The van der Waals surface area contributed by atoms with Gasteiger partial charge >= 0.3 is 23.9 Å². The van der Waals surface area contributed by atoms with Gasteiger partial charge in [-0.1, -0.05) is 93.9 Å². The van der Waals surface area contributed by atoms with E-state index in [2.05, 4.69) is 27.7 Å². The fourth-order valence-corrected chi connectivity index (χ4v) is 3.77. The summed E-state index contributed by atoms with van der Waals surface area (Å²) in [7, 11) is 0. The van der Waals surface area contributed by atoms with Crippen molar-refractivity contribution in [2.45, 2.75) is 145 Å². The van der Waals surface area contributed by atoms with Gasteiger partial charge in [-0.15, -0.1) is 0 Å². The van der Waals surface area contributed by atoms with E-state index in [9.17, 15) is 19.2 Å². The molecule has 8 nitrogen and oxygen atoms in total. The van der Waals surface area contributed by atoms with Crippen LogP contribution in [0, 0.1) is 23.7 Å². The lowest BCUT2D eigenvalue weighted by atomic mass is 10.0. The first-order chi connectivity index (χ1) is 20.0. The molecule has 0 bridgehead atoms. The summed E-state index contributed by atoms with van der Waals surface area (Å²) in [6.07, 6.45) is 11.2. The maximum Gasteiger partial charge on any atom is 0.306 e. The summed E-state index contributed by atoms with van der Waals surface area (Å²) in [6.45, 7) is 18.4. The van der Waals surface area contributed by atoms with Gasteiger partial charge in [0.2, 0.25) is 0 Å². The third kappa shape index (κ3) is 29.4. The molecular weight excluding hydrogens is 536 g/mol. The van der Waals surface area contributed by atoms with Gasteiger partial charge in [0.15, 0.2) is 0 Å². The summed E-state index contributed by atoms with van der Waals surface area (Å²) in [5.74, 6) is 0.646. The maximum absolute atomic E-state index is 11.7. The Bertz CT molecular complexity index is 631. The van der Waals surface area contributed by atoms with Crippen molar-refractivity contribution in [3.8, 4) is 0 Å². The molecule has 0 radical (unpaired) electrons. The van der Waals surface area contributed by atoms with Crippen LogP contribution >= 0.6 is 0 Å². The molecule has 0 saturated heterocycles. The molecule has 0 rings (SSSR count). The number of ether oxygens (including phenoxy) is 4. The van der Waals surface area contributed by atoms with Crippen LogP contribution in [-0.4, -0.2) is 50.3 Å². The highest BCUT2D eigenvalue weighted by molar-refractivity contribution is 5.77. The van der Waals surface area contributed by atoms with Gasteiger partial charge in [-0.25, -0.2) is 0 Å². The Morgan fingerprint density at radius 2 is 0.762 bits per heavy atom. The quantitative estimate of drug-likeness (QED) is 0.0620. The number of hydrogen-bond acceptors (Lipinski definition) is 8. The topological polar surface area (TPSA) is 105 Å². The summed E-state index contributed by atoms with van der Waals surface area (Å²) < 4.78 is 20.7. The second-order valence-corrected chi connectivity index (χ2v) is 12.1. The summed E-state index contributed by atoms with van der Waals surface area (Å²) in [5.41, 5.74) is 0. The SMILES string of the molecule is CC(C)COC(=O)CCCCC(=O)OCC(C)C.CCCCC(CC)COC(=O)CCC(=O)OCC(CC)CCCC. The zero-order valence-electron chi connectivity index (χ0n) is 28.3. The van der Waals surface area contributed by atoms with Crippen molar-refractivity contribution >= 4 is 23.9 Å². The number of esters is 4. The van der Waals surface area contributed by atoms with E-state index in [1.54, 1.807) is 0 Å². The molecule has 0 aliphatic heterocycles. The molecule has 0 N–H and O–H groups in total. The maximum atomic E-state index is 11.7. The number of rotatable bonds is 24. The van der Waals surface area contributed by atoms with Crippen LogP contribution in [0.15, 0.2) is 0 Å². The minimum atomic E-state index is -0.292. The average molecular weight is 601 g/mol. The Labute approximate surface area is 257 Å². The van der Waals surface area contributed by atoms with E-state index in [4.69, 9.17) is 18.9 Å². The molecule has 42 heavy (non-hydrogen) atoms. The van der Waals surface area contributed by atoms with E-state index < -0.39 is 0 Å². The molecule has 0 aromatic heterocycles. The molecule has 2 unspecified atom stereocenters. The Hall–Kier alpha value is -2.12. The normalized spacial score (nSPS) is 12.2. The van der Waals surface area contributed by atoms with Crippen LogP contribution in [-0.2, 0) is 38.1 Å². The first-order valence-electron chi connectivity index (χ1n) is 16.6. The van der Waals surface area contributed by atoms with Gasteiger partial charge in [-0.05, 0) is 49.4 Å². The molecule has 0 aromatic rings. The van der Waals surface area contributed by atoms with Crippen molar-refractivity contribution in [3.05, 3.63) is 0 Å². The number of unbranched alkanes of at least 4 members (excludes halogenated alkanes) is 3. The van der Waals surface area contributed by atoms with Crippen molar-refractivity contribution in [3.63, 3.8) is 0 Å². The zero-order valence-corrected chi connectivity index (χ0v) is 28.3. The van der Waals surface area contributed by atoms with Gasteiger partial charge in [0.1, 0.15) is 0 Å². The predicted octanol–water partition coefficient (Wildman–Crippen LogP) is 8.23. The molecule has 0 heterocycles. The molecular formula is C34H64O8. The van der Waals surface area contributed by atoms with Crippen LogP contribution in [0.1, 0.15) is 145 Å². The van der Waals surface area contributed by atoms with Crippen molar-refractivity contribution in [1.82, 2.24) is 0 Å². The van der Waals surface area contributed by atoms with Gasteiger partial charge in [0, 0.05) is 12.8 Å². The molecule has 0 spiro atoms. The van der Waals surface area contributed by atoms with Gasteiger partial charge in [0.05, 0.1) is 39.3 Å². The van der Waals surface area contributed by atoms with Crippen LogP contribution in [0.25, 0.3) is 0 Å². The molecule has 0 aliphatic rings. The second-order valence-electron chi connectivity index (χ2n) is 12.1. The lowest BCUT2D eigenvalue weighted by Gasteiger charge is -2.15. The highest BCUT2D eigenvalue weighted by Crippen LogP contribution is 2.15. The fraction of sp³-hybridized carbons (Fsp3) is 0.882. The molecule has 0 amide bonds. The highest BCUT2D eigenvalue weighted by Gasteiger charge is 2.14. The summed E-state index contributed by atoms with van der Waals surface area (Å²) in [5, 5.41) is 0.